The van der Waals surface area contributed by atoms with Crippen molar-refractivity contribution in [2.24, 2.45) is 0 Å². The second kappa shape index (κ2) is 14.4. The van der Waals surface area contributed by atoms with Gasteiger partial charge in [0.2, 0.25) is 5.71 Å². The molecule has 2 aromatic heterocycles. The lowest BCUT2D eigenvalue weighted by molar-refractivity contribution is 0.261. The van der Waals surface area contributed by atoms with Crippen LogP contribution in [0.1, 0.15) is 5.56 Å². The van der Waals surface area contributed by atoms with Gasteiger partial charge in [-0.25, -0.2) is 14.8 Å². The monoisotopic (exact) mass is 612 g/mol. The molecule has 0 unspecified atom stereocenters. The van der Waals surface area contributed by atoms with E-state index >= 15 is 0 Å². The van der Waals surface area contributed by atoms with Gasteiger partial charge in [0.1, 0.15) is 30.3 Å². The molecule has 4 aromatic carbocycles. The zero-order chi connectivity index (χ0) is 31.7. The summed E-state index contributed by atoms with van der Waals surface area (Å²) in [6.07, 6.45) is 2.28. The highest BCUT2D eigenvalue weighted by molar-refractivity contribution is 6.05. The highest BCUT2D eigenvalue weighted by atomic mass is 16.5. The Kier molecular flexibility index (Phi) is 9.51. The zero-order valence-corrected chi connectivity index (χ0v) is 25.9. The molecular formula is C37H36N6O3. The highest BCUT2D eigenvalue weighted by Gasteiger charge is 2.21. The van der Waals surface area contributed by atoms with Gasteiger partial charge in [-0.2, -0.15) is 0 Å². The summed E-state index contributed by atoms with van der Waals surface area (Å²) in [6, 6.07) is 35.1. The molecule has 0 fully saturated rings. The van der Waals surface area contributed by atoms with Gasteiger partial charge in [0.25, 0.3) is 0 Å². The van der Waals surface area contributed by atoms with Crippen molar-refractivity contribution in [1.29, 1.82) is 0 Å². The molecule has 2 heterocycles. The van der Waals surface area contributed by atoms with Crippen molar-refractivity contribution in [3.8, 4) is 28.2 Å². The average Bonchev–Trinajstić information content (AvgIpc) is 3.47. The number of furan rings is 1. The maximum atomic E-state index is 12.6. The first-order valence-electron chi connectivity index (χ1n) is 15.2. The van der Waals surface area contributed by atoms with Gasteiger partial charge in [0, 0.05) is 41.7 Å². The van der Waals surface area contributed by atoms with Crippen LogP contribution in [0.25, 0.3) is 33.6 Å². The predicted octanol–water partition coefficient (Wildman–Crippen LogP) is 7.80. The van der Waals surface area contributed by atoms with E-state index in [1.165, 1.54) is 6.33 Å². The summed E-state index contributed by atoms with van der Waals surface area (Å²) in [7, 11) is 3.99. The van der Waals surface area contributed by atoms with Crippen molar-refractivity contribution < 1.29 is 13.9 Å². The summed E-state index contributed by atoms with van der Waals surface area (Å²) >= 11 is 0. The number of aromatic nitrogens is 2. The number of rotatable bonds is 12. The lowest BCUT2D eigenvalue weighted by Gasteiger charge is -2.12. The molecule has 3 N–H and O–H groups in total. The fourth-order valence-corrected chi connectivity index (χ4v) is 5.12. The number of anilines is 3. The Labute approximate surface area is 268 Å². The number of ether oxygens (including phenoxy) is 1. The van der Waals surface area contributed by atoms with Crippen molar-refractivity contribution in [2.75, 3.05) is 49.7 Å². The third-order valence-corrected chi connectivity index (χ3v) is 7.40. The molecule has 0 bridgehead atoms. The van der Waals surface area contributed by atoms with Crippen molar-refractivity contribution >= 4 is 34.3 Å². The minimum Gasteiger partial charge on any atom is -0.492 e. The molecule has 0 aliphatic heterocycles. The Bertz CT molecular complexity index is 1890. The van der Waals surface area contributed by atoms with Crippen LogP contribution in [0.3, 0.4) is 0 Å². The molecule has 0 spiro atoms. The van der Waals surface area contributed by atoms with Crippen LogP contribution in [0.15, 0.2) is 120 Å². The van der Waals surface area contributed by atoms with Gasteiger partial charge >= 0.3 is 6.03 Å². The van der Waals surface area contributed by atoms with Gasteiger partial charge < -0.3 is 30.0 Å². The molecule has 0 saturated heterocycles. The van der Waals surface area contributed by atoms with E-state index in [9.17, 15) is 4.79 Å². The minimum atomic E-state index is -0.322. The average molecular weight is 613 g/mol. The van der Waals surface area contributed by atoms with Crippen LogP contribution in [-0.4, -0.2) is 54.7 Å². The summed E-state index contributed by atoms with van der Waals surface area (Å²) in [5.41, 5.74) is 5.98. The first kappa shape index (κ1) is 30.4. The minimum absolute atomic E-state index is 0.322. The molecule has 9 nitrogen and oxygen atoms in total. The first-order valence-corrected chi connectivity index (χ1v) is 15.2. The molecule has 0 atom stereocenters. The van der Waals surface area contributed by atoms with E-state index in [0.29, 0.717) is 36.0 Å². The van der Waals surface area contributed by atoms with Gasteiger partial charge in [-0.05, 0) is 55.9 Å². The van der Waals surface area contributed by atoms with Crippen molar-refractivity contribution in [1.82, 2.24) is 14.9 Å². The first-order chi connectivity index (χ1) is 22.5. The summed E-state index contributed by atoms with van der Waals surface area (Å²) in [5.74, 6) is 2.19. The van der Waals surface area contributed by atoms with Gasteiger partial charge in [-0.1, -0.05) is 78.9 Å². The van der Waals surface area contributed by atoms with E-state index in [1.807, 2.05) is 111 Å². The topological polar surface area (TPSA) is 105 Å². The molecule has 46 heavy (non-hydrogen) atoms. The Morgan fingerprint density at radius 1 is 0.804 bits per heavy atom. The van der Waals surface area contributed by atoms with Crippen LogP contribution in [0, 0.1) is 0 Å². The van der Waals surface area contributed by atoms with E-state index in [4.69, 9.17) is 9.15 Å². The SMILES string of the molecule is CN(C)CCOc1cccc(NC(=O)Nc2ccc(CCNc3ncnc4oc(-c5ccccc5)c(-c5ccccc5)c34)cc2)c1. The van der Waals surface area contributed by atoms with Gasteiger partial charge in [0.15, 0.2) is 0 Å². The van der Waals surface area contributed by atoms with E-state index in [2.05, 4.69) is 43.0 Å². The zero-order valence-electron chi connectivity index (χ0n) is 25.9. The number of fused-ring (bicyclic) bond motifs is 1. The van der Waals surface area contributed by atoms with Crippen molar-refractivity contribution in [3.63, 3.8) is 0 Å². The maximum Gasteiger partial charge on any atom is 0.323 e. The van der Waals surface area contributed by atoms with Crippen LogP contribution in [0.4, 0.5) is 22.0 Å². The molecule has 0 aliphatic carbocycles. The number of likely N-dealkylation sites (N-methyl/N-ethyl adjacent to an activating group) is 1. The molecule has 9 heteroatoms. The Morgan fingerprint density at radius 2 is 1.52 bits per heavy atom. The molecule has 0 saturated carbocycles. The lowest BCUT2D eigenvalue weighted by Crippen LogP contribution is -2.20. The van der Waals surface area contributed by atoms with Crippen LogP contribution in [0.2, 0.25) is 0 Å². The van der Waals surface area contributed by atoms with E-state index in [0.717, 1.165) is 52.2 Å². The van der Waals surface area contributed by atoms with E-state index in [1.54, 1.807) is 0 Å². The lowest BCUT2D eigenvalue weighted by atomic mass is 9.99. The van der Waals surface area contributed by atoms with Crippen LogP contribution < -0.4 is 20.7 Å². The molecular weight excluding hydrogens is 576 g/mol. The molecule has 232 valence electrons. The Morgan fingerprint density at radius 3 is 2.26 bits per heavy atom. The molecule has 6 rings (SSSR count). The second-order valence-corrected chi connectivity index (χ2v) is 11.1. The predicted molar refractivity (Wildman–Crippen MR) is 184 cm³/mol. The smallest absolute Gasteiger partial charge is 0.323 e. The summed E-state index contributed by atoms with van der Waals surface area (Å²) < 4.78 is 12.1. The molecule has 2 amide bonds. The number of hydrogen-bond acceptors (Lipinski definition) is 7. The number of carbonyl (C=O) groups excluding carboxylic acids is 1. The fourth-order valence-electron chi connectivity index (χ4n) is 5.12. The number of nitrogens with one attached hydrogen (secondary N) is 3. The summed E-state index contributed by atoms with van der Waals surface area (Å²) in [4.78, 5) is 23.7. The van der Waals surface area contributed by atoms with Crippen LogP contribution >= 0.6 is 0 Å². The van der Waals surface area contributed by atoms with E-state index in [-0.39, 0.29) is 6.03 Å². The van der Waals surface area contributed by atoms with Gasteiger partial charge in [-0.15, -0.1) is 0 Å². The molecule has 6 aromatic rings. The van der Waals surface area contributed by atoms with Crippen LogP contribution in [-0.2, 0) is 6.42 Å². The quantitative estimate of drug-likeness (QED) is 0.130. The highest BCUT2D eigenvalue weighted by Crippen LogP contribution is 2.42. The number of hydrogen-bond donors (Lipinski definition) is 3. The van der Waals surface area contributed by atoms with Gasteiger partial charge in [0.05, 0.1) is 5.39 Å². The van der Waals surface area contributed by atoms with Crippen molar-refractivity contribution in [2.45, 2.75) is 6.42 Å². The number of benzene rings is 4. The van der Waals surface area contributed by atoms with Gasteiger partial charge in [-0.3, -0.25) is 0 Å². The number of carbonyl (C=O) groups is 1. The Balaban J connectivity index is 1.09. The number of nitrogens with zero attached hydrogens (tertiary/aromatic N) is 3. The summed E-state index contributed by atoms with van der Waals surface area (Å²) in [6.45, 7) is 2.03. The fraction of sp³-hybridized carbons (Fsp3) is 0.162. The van der Waals surface area contributed by atoms with Crippen LogP contribution in [0.5, 0.6) is 5.75 Å². The Hall–Kier alpha value is -5.67. The molecule has 0 aliphatic rings. The normalized spacial score (nSPS) is 11.0. The standard InChI is InChI=1S/C37H36N6O3/c1-43(2)22-23-45-31-15-9-14-30(24-31)42-37(44)41-29-18-16-26(17-19-29)20-21-38-35-33-32(27-10-5-3-6-11-27)34(28-12-7-4-8-13-28)46-36(33)40-25-39-35/h3-19,24-25H,20-23H2,1-2H3,(H,38,39,40)(H2,41,42,44). The summed E-state index contributed by atoms with van der Waals surface area (Å²) in [5, 5.41) is 10.1. The molecule has 0 radical (unpaired) electrons. The number of amides is 2. The number of urea groups is 1. The van der Waals surface area contributed by atoms with Crippen molar-refractivity contribution in [3.05, 3.63) is 121 Å². The largest absolute Gasteiger partial charge is 0.492 e. The second-order valence-electron chi connectivity index (χ2n) is 11.1. The third kappa shape index (κ3) is 7.51. The van der Waals surface area contributed by atoms with E-state index < -0.39 is 0 Å². The third-order valence-electron chi connectivity index (χ3n) is 7.40. The maximum absolute atomic E-state index is 12.6.